The summed E-state index contributed by atoms with van der Waals surface area (Å²) in [7, 11) is 0. The third-order valence-corrected chi connectivity index (χ3v) is 3.20. The largest absolute Gasteiger partial charge is 0.468 e. The zero-order chi connectivity index (χ0) is 16.1. The van der Waals surface area contributed by atoms with Crippen molar-refractivity contribution in [3.63, 3.8) is 0 Å². The van der Waals surface area contributed by atoms with Gasteiger partial charge >= 0.3 is 0 Å². The Morgan fingerprint density at radius 1 is 1.45 bits per heavy atom. The first-order valence-electron chi connectivity index (χ1n) is 6.48. The average Bonchev–Trinajstić information content (AvgIpc) is 2.98. The highest BCUT2D eigenvalue weighted by molar-refractivity contribution is 6.31. The van der Waals surface area contributed by atoms with Crippen LogP contribution in [0.3, 0.4) is 0 Å². The number of hydrogen-bond donors (Lipinski definition) is 2. The Morgan fingerprint density at radius 3 is 2.86 bits per heavy atom. The molecule has 116 valence electrons. The van der Waals surface area contributed by atoms with E-state index in [1.807, 2.05) is 6.92 Å². The molecule has 1 heterocycles. The summed E-state index contributed by atoms with van der Waals surface area (Å²) in [5.74, 6) is 0.283. The van der Waals surface area contributed by atoms with Gasteiger partial charge in [-0.1, -0.05) is 11.6 Å². The SMILES string of the molecule is C[C@@H](NCC(=O)Nc1cc(Cl)ccc1[N+](=O)[O-])c1ccco1. The van der Waals surface area contributed by atoms with Crippen LogP contribution in [0.4, 0.5) is 11.4 Å². The fourth-order valence-corrected chi connectivity index (χ4v) is 2.02. The Bertz CT molecular complexity index is 673. The molecule has 22 heavy (non-hydrogen) atoms. The van der Waals surface area contributed by atoms with E-state index in [4.69, 9.17) is 16.0 Å². The molecule has 1 amide bonds. The first kappa shape index (κ1) is 16.0. The van der Waals surface area contributed by atoms with Crippen molar-refractivity contribution in [2.45, 2.75) is 13.0 Å². The van der Waals surface area contributed by atoms with E-state index in [2.05, 4.69) is 10.6 Å². The van der Waals surface area contributed by atoms with E-state index in [1.54, 1.807) is 18.4 Å². The van der Waals surface area contributed by atoms with Gasteiger partial charge in [0.05, 0.1) is 23.8 Å². The first-order chi connectivity index (χ1) is 10.5. The van der Waals surface area contributed by atoms with E-state index in [0.717, 1.165) is 0 Å². The number of hydrogen-bond acceptors (Lipinski definition) is 5. The molecule has 0 saturated heterocycles. The monoisotopic (exact) mass is 323 g/mol. The molecule has 1 aromatic heterocycles. The van der Waals surface area contributed by atoms with E-state index in [1.165, 1.54) is 18.2 Å². The highest BCUT2D eigenvalue weighted by Crippen LogP contribution is 2.27. The Kier molecular flexibility index (Phi) is 5.13. The minimum absolute atomic E-state index is 0.0223. The summed E-state index contributed by atoms with van der Waals surface area (Å²) in [6.07, 6.45) is 1.54. The van der Waals surface area contributed by atoms with Crippen molar-refractivity contribution in [3.05, 3.63) is 57.5 Å². The van der Waals surface area contributed by atoms with Crippen LogP contribution in [0.15, 0.2) is 41.0 Å². The van der Waals surface area contributed by atoms with Crippen molar-refractivity contribution in [3.8, 4) is 0 Å². The quantitative estimate of drug-likeness (QED) is 0.628. The number of nitrogens with zero attached hydrogens (tertiary/aromatic N) is 1. The molecular formula is C14H14ClN3O4. The minimum Gasteiger partial charge on any atom is -0.468 e. The van der Waals surface area contributed by atoms with E-state index >= 15 is 0 Å². The van der Waals surface area contributed by atoms with Gasteiger partial charge < -0.3 is 9.73 Å². The second-order valence-corrected chi connectivity index (χ2v) is 5.02. The maximum Gasteiger partial charge on any atom is 0.292 e. The van der Waals surface area contributed by atoms with Gasteiger partial charge in [-0.05, 0) is 31.2 Å². The molecule has 8 heteroatoms. The number of halogens is 1. The lowest BCUT2D eigenvalue weighted by Crippen LogP contribution is -2.30. The molecule has 0 aliphatic carbocycles. The molecule has 0 aliphatic rings. The van der Waals surface area contributed by atoms with Gasteiger partial charge in [0.2, 0.25) is 5.91 Å². The summed E-state index contributed by atoms with van der Waals surface area (Å²) in [6, 6.07) is 7.37. The maximum atomic E-state index is 11.9. The van der Waals surface area contributed by atoms with E-state index < -0.39 is 10.8 Å². The van der Waals surface area contributed by atoms with Gasteiger partial charge in [-0.3, -0.25) is 20.2 Å². The second kappa shape index (κ2) is 7.06. The fraction of sp³-hybridized carbons (Fsp3) is 0.214. The molecule has 0 bridgehead atoms. The van der Waals surface area contributed by atoms with Crippen molar-refractivity contribution in [2.75, 3.05) is 11.9 Å². The minimum atomic E-state index is -0.579. The summed E-state index contributed by atoms with van der Waals surface area (Å²) in [4.78, 5) is 22.2. The van der Waals surface area contributed by atoms with Crippen LogP contribution in [0.1, 0.15) is 18.7 Å². The molecule has 2 N–H and O–H groups in total. The lowest BCUT2D eigenvalue weighted by molar-refractivity contribution is -0.383. The van der Waals surface area contributed by atoms with E-state index in [9.17, 15) is 14.9 Å². The molecule has 1 aromatic carbocycles. The number of anilines is 1. The summed E-state index contributed by atoms with van der Waals surface area (Å²) in [6.45, 7) is 1.82. The first-order valence-corrected chi connectivity index (χ1v) is 6.85. The highest BCUT2D eigenvalue weighted by atomic mass is 35.5. The van der Waals surface area contributed by atoms with Crippen molar-refractivity contribution >= 4 is 28.9 Å². The van der Waals surface area contributed by atoms with Gasteiger partial charge in [0.1, 0.15) is 11.4 Å². The zero-order valence-electron chi connectivity index (χ0n) is 11.7. The smallest absolute Gasteiger partial charge is 0.292 e. The van der Waals surface area contributed by atoms with Gasteiger partial charge in [0.15, 0.2) is 0 Å². The molecule has 0 fully saturated rings. The number of amides is 1. The second-order valence-electron chi connectivity index (χ2n) is 4.58. The van der Waals surface area contributed by atoms with Crippen LogP contribution in [-0.4, -0.2) is 17.4 Å². The van der Waals surface area contributed by atoms with Crippen LogP contribution in [0.2, 0.25) is 5.02 Å². The topological polar surface area (TPSA) is 97.4 Å². The number of carbonyl (C=O) groups is 1. The Labute approximate surface area is 131 Å². The number of nitrogens with one attached hydrogen (secondary N) is 2. The number of rotatable bonds is 6. The van der Waals surface area contributed by atoms with Gasteiger partial charge in [0, 0.05) is 11.1 Å². The molecule has 2 aromatic rings. The third-order valence-electron chi connectivity index (χ3n) is 2.97. The summed E-state index contributed by atoms with van der Waals surface area (Å²) >= 11 is 5.80. The van der Waals surface area contributed by atoms with Gasteiger partial charge in [-0.2, -0.15) is 0 Å². The molecule has 0 saturated carbocycles. The van der Waals surface area contributed by atoms with Crippen LogP contribution in [0.5, 0.6) is 0 Å². The van der Waals surface area contributed by atoms with Gasteiger partial charge in [-0.15, -0.1) is 0 Å². The Morgan fingerprint density at radius 2 is 2.23 bits per heavy atom. The zero-order valence-corrected chi connectivity index (χ0v) is 12.5. The standard InChI is InChI=1S/C14H14ClN3O4/c1-9(13-3-2-6-22-13)16-8-14(19)17-11-7-10(15)4-5-12(11)18(20)21/h2-7,9,16H,8H2,1H3,(H,17,19)/t9-/m1/s1. The molecule has 2 rings (SSSR count). The maximum absolute atomic E-state index is 11.9. The molecule has 0 radical (unpaired) electrons. The number of benzene rings is 1. The number of nitro benzene ring substituents is 1. The molecule has 0 aliphatic heterocycles. The van der Waals surface area contributed by atoms with Gasteiger partial charge in [-0.25, -0.2) is 0 Å². The van der Waals surface area contributed by atoms with E-state index in [-0.39, 0.29) is 24.0 Å². The molecule has 0 spiro atoms. The van der Waals surface area contributed by atoms with Crippen LogP contribution < -0.4 is 10.6 Å². The number of nitro groups is 1. The summed E-state index contributed by atoms with van der Waals surface area (Å²) in [5, 5.41) is 16.7. The molecular weight excluding hydrogens is 310 g/mol. The fourth-order valence-electron chi connectivity index (χ4n) is 1.85. The average molecular weight is 324 g/mol. The summed E-state index contributed by atoms with van der Waals surface area (Å²) < 4.78 is 5.21. The number of carbonyl (C=O) groups excluding carboxylic acids is 1. The Balaban J connectivity index is 1.97. The number of furan rings is 1. The molecule has 1 atom stereocenters. The molecule has 7 nitrogen and oxygen atoms in total. The lowest BCUT2D eigenvalue weighted by atomic mass is 10.2. The predicted molar refractivity (Wildman–Crippen MR) is 81.9 cm³/mol. The van der Waals surface area contributed by atoms with Crippen LogP contribution in [-0.2, 0) is 4.79 Å². The summed E-state index contributed by atoms with van der Waals surface area (Å²) in [5.41, 5.74) is -0.146. The molecule has 0 unspecified atom stereocenters. The normalized spacial score (nSPS) is 11.9. The Hall–Kier alpha value is -2.38. The lowest BCUT2D eigenvalue weighted by Gasteiger charge is -2.11. The van der Waals surface area contributed by atoms with Crippen molar-refractivity contribution in [2.24, 2.45) is 0 Å². The predicted octanol–water partition coefficient (Wildman–Crippen LogP) is 3.13. The van der Waals surface area contributed by atoms with Crippen LogP contribution in [0, 0.1) is 10.1 Å². The van der Waals surface area contributed by atoms with Crippen LogP contribution >= 0.6 is 11.6 Å². The van der Waals surface area contributed by atoms with E-state index in [0.29, 0.717) is 10.8 Å². The highest BCUT2D eigenvalue weighted by Gasteiger charge is 2.17. The van der Waals surface area contributed by atoms with Gasteiger partial charge in [0.25, 0.3) is 5.69 Å². The van der Waals surface area contributed by atoms with Crippen molar-refractivity contribution in [1.82, 2.24) is 5.32 Å². The van der Waals surface area contributed by atoms with Crippen molar-refractivity contribution < 1.29 is 14.1 Å². The van der Waals surface area contributed by atoms with Crippen molar-refractivity contribution in [1.29, 1.82) is 0 Å². The third kappa shape index (κ3) is 4.06. The van der Waals surface area contributed by atoms with Crippen LogP contribution in [0.25, 0.3) is 0 Å².